The van der Waals surface area contributed by atoms with Gasteiger partial charge in [0.2, 0.25) is 5.95 Å². The lowest BCUT2D eigenvalue weighted by atomic mass is 9.91. The maximum atomic E-state index is 11.0. The van der Waals surface area contributed by atoms with Crippen LogP contribution >= 0.6 is 0 Å². The number of aryl methyl sites for hydroxylation is 1. The fourth-order valence-electron chi connectivity index (χ4n) is 5.67. The Morgan fingerprint density at radius 1 is 0.911 bits per heavy atom. The second-order valence-electron chi connectivity index (χ2n) is 11.0. The highest BCUT2D eigenvalue weighted by Crippen LogP contribution is 2.39. The minimum atomic E-state index is -1.27. The van der Waals surface area contributed by atoms with Crippen LogP contribution in [0.25, 0.3) is 11.2 Å². The summed E-state index contributed by atoms with van der Waals surface area (Å²) >= 11 is 0. The van der Waals surface area contributed by atoms with Crippen molar-refractivity contribution in [2.45, 2.75) is 36.9 Å². The monoisotopic (exact) mass is 607 g/mol. The zero-order valence-corrected chi connectivity index (χ0v) is 24.5. The standard InChI is InChI=1S/C31H33N11O3/c1-41-15-21(35-17-41)12-13-32-31-38-27(33-14-22(19-8-4-2-5-9-19)20-10-6-3-7-11-20)23-29(39-31)42(18-36-23)30-25(44)24(43)26(45-30)28-34-16-37-40-28/h2-11,15-18,22,24-26,30,43-44H,12-14H2,1H3,(H,34,37,40)(H2,32,33,38,39). The maximum absolute atomic E-state index is 11.0. The first kappa shape index (κ1) is 28.6. The van der Waals surface area contributed by atoms with E-state index in [1.807, 2.05) is 54.2 Å². The summed E-state index contributed by atoms with van der Waals surface area (Å²) in [6, 6.07) is 20.6. The van der Waals surface area contributed by atoms with Crippen LogP contribution in [0.4, 0.5) is 11.8 Å². The van der Waals surface area contributed by atoms with E-state index in [9.17, 15) is 10.2 Å². The van der Waals surface area contributed by atoms with Gasteiger partial charge in [-0.15, -0.1) is 0 Å². The normalized spacial score (nSPS) is 19.8. The molecule has 7 rings (SSSR count). The Bertz CT molecular complexity index is 1800. The summed E-state index contributed by atoms with van der Waals surface area (Å²) in [6.07, 6.45) is 2.87. The van der Waals surface area contributed by atoms with Crippen LogP contribution in [0.3, 0.4) is 0 Å². The number of aliphatic hydroxyl groups is 2. The molecule has 14 heteroatoms. The van der Waals surface area contributed by atoms with Crippen LogP contribution in [0.1, 0.15) is 40.9 Å². The second kappa shape index (κ2) is 12.4. The largest absolute Gasteiger partial charge is 0.387 e. The van der Waals surface area contributed by atoms with E-state index in [1.165, 1.54) is 12.7 Å². The maximum Gasteiger partial charge on any atom is 0.226 e. The molecule has 1 saturated heterocycles. The van der Waals surface area contributed by atoms with Gasteiger partial charge < -0.3 is 30.2 Å². The third kappa shape index (κ3) is 5.85. The molecule has 4 unspecified atom stereocenters. The van der Waals surface area contributed by atoms with Crippen molar-refractivity contribution in [1.29, 1.82) is 0 Å². The van der Waals surface area contributed by atoms with Gasteiger partial charge in [0.25, 0.3) is 0 Å². The summed E-state index contributed by atoms with van der Waals surface area (Å²) in [6.45, 7) is 1.08. The summed E-state index contributed by atoms with van der Waals surface area (Å²) in [7, 11) is 1.93. The van der Waals surface area contributed by atoms with Crippen molar-refractivity contribution in [3.8, 4) is 0 Å². The molecule has 1 aliphatic rings. The molecule has 0 amide bonds. The Hall–Kier alpha value is -5.18. The van der Waals surface area contributed by atoms with Crippen LogP contribution in [0, 0.1) is 0 Å². The molecule has 0 radical (unpaired) electrons. The van der Waals surface area contributed by atoms with Gasteiger partial charge in [-0.2, -0.15) is 15.1 Å². The van der Waals surface area contributed by atoms with Gasteiger partial charge in [-0.25, -0.2) is 15.0 Å². The zero-order chi connectivity index (χ0) is 30.8. The van der Waals surface area contributed by atoms with Crippen molar-refractivity contribution in [2.75, 3.05) is 23.7 Å². The highest BCUT2D eigenvalue weighted by Gasteiger charge is 2.46. The number of aromatic nitrogens is 9. The number of imidazole rings is 2. The van der Waals surface area contributed by atoms with Gasteiger partial charge in [-0.1, -0.05) is 60.7 Å². The molecule has 2 aromatic carbocycles. The molecule has 0 bridgehead atoms. The molecule has 14 nitrogen and oxygen atoms in total. The number of nitrogens with zero attached hydrogens (tertiary/aromatic N) is 8. The first-order chi connectivity index (χ1) is 22.0. The van der Waals surface area contributed by atoms with Crippen LogP contribution in [-0.4, -0.2) is 79.8 Å². The van der Waals surface area contributed by atoms with Crippen molar-refractivity contribution in [1.82, 2.24) is 44.3 Å². The molecular weight excluding hydrogens is 574 g/mol. The fraction of sp³-hybridized carbons (Fsp3) is 0.290. The van der Waals surface area contributed by atoms with Crippen molar-refractivity contribution in [3.05, 3.63) is 108 Å². The van der Waals surface area contributed by atoms with Gasteiger partial charge in [0.15, 0.2) is 29.0 Å². The molecule has 230 valence electrons. The molecule has 5 N–H and O–H groups in total. The molecule has 6 aromatic rings. The van der Waals surface area contributed by atoms with E-state index in [1.54, 1.807) is 10.9 Å². The number of nitrogens with one attached hydrogen (secondary N) is 3. The van der Waals surface area contributed by atoms with E-state index in [0.29, 0.717) is 48.3 Å². The van der Waals surface area contributed by atoms with Crippen molar-refractivity contribution in [2.24, 2.45) is 7.05 Å². The molecule has 0 aliphatic carbocycles. The average Bonchev–Trinajstić information content (AvgIpc) is 3.88. The summed E-state index contributed by atoms with van der Waals surface area (Å²) in [4.78, 5) is 22.7. The van der Waals surface area contributed by atoms with Gasteiger partial charge in [-0.3, -0.25) is 9.67 Å². The number of benzene rings is 2. The van der Waals surface area contributed by atoms with Crippen LogP contribution in [0.15, 0.2) is 85.8 Å². The molecule has 4 aromatic heterocycles. The summed E-state index contributed by atoms with van der Waals surface area (Å²) in [5.74, 6) is 1.25. The van der Waals surface area contributed by atoms with Crippen molar-refractivity contribution >= 4 is 22.9 Å². The van der Waals surface area contributed by atoms with Crippen molar-refractivity contribution in [3.63, 3.8) is 0 Å². The minimum absolute atomic E-state index is 0.0397. The number of ether oxygens (including phenoxy) is 1. The van der Waals surface area contributed by atoms with E-state index in [-0.39, 0.29) is 5.92 Å². The number of aliphatic hydroxyl groups excluding tert-OH is 2. The topological polar surface area (TPSA) is 177 Å². The van der Waals surface area contributed by atoms with Gasteiger partial charge in [0, 0.05) is 38.7 Å². The third-order valence-corrected chi connectivity index (χ3v) is 7.94. The fourth-order valence-corrected chi connectivity index (χ4v) is 5.67. The van der Waals surface area contributed by atoms with Gasteiger partial charge in [0.05, 0.1) is 18.3 Å². The minimum Gasteiger partial charge on any atom is -0.387 e. The molecule has 4 atom stereocenters. The zero-order valence-electron chi connectivity index (χ0n) is 24.5. The predicted octanol–water partition coefficient (Wildman–Crippen LogP) is 2.57. The van der Waals surface area contributed by atoms with Gasteiger partial charge in [-0.05, 0) is 11.1 Å². The van der Waals surface area contributed by atoms with Crippen molar-refractivity contribution < 1.29 is 14.9 Å². The molecular formula is C31H33N11O3. The quantitative estimate of drug-likeness (QED) is 0.146. The van der Waals surface area contributed by atoms with E-state index in [4.69, 9.17) is 14.7 Å². The second-order valence-corrected chi connectivity index (χ2v) is 11.0. The number of fused-ring (bicyclic) bond motifs is 1. The van der Waals surface area contributed by atoms with Crippen LogP contribution < -0.4 is 10.6 Å². The highest BCUT2D eigenvalue weighted by molar-refractivity contribution is 5.84. The smallest absolute Gasteiger partial charge is 0.226 e. The first-order valence-corrected chi connectivity index (χ1v) is 14.7. The van der Waals surface area contributed by atoms with E-state index < -0.39 is 24.5 Å². The molecule has 0 saturated carbocycles. The Morgan fingerprint density at radius 3 is 2.33 bits per heavy atom. The number of hydrogen-bond acceptors (Lipinski definition) is 11. The van der Waals surface area contributed by atoms with Gasteiger partial charge in [0.1, 0.15) is 24.6 Å². The number of aromatic amines is 1. The van der Waals surface area contributed by atoms with E-state index in [0.717, 1.165) is 16.8 Å². The highest BCUT2D eigenvalue weighted by atomic mass is 16.6. The third-order valence-electron chi connectivity index (χ3n) is 7.94. The van der Waals surface area contributed by atoms with E-state index >= 15 is 0 Å². The predicted molar refractivity (Wildman–Crippen MR) is 165 cm³/mol. The lowest BCUT2D eigenvalue weighted by Gasteiger charge is -2.20. The van der Waals surface area contributed by atoms with Crippen LogP contribution in [0.5, 0.6) is 0 Å². The Labute approximate surface area is 258 Å². The number of anilines is 2. The summed E-state index contributed by atoms with van der Waals surface area (Å²) < 4.78 is 9.61. The molecule has 5 heterocycles. The van der Waals surface area contributed by atoms with Crippen LogP contribution in [-0.2, 0) is 18.2 Å². The van der Waals surface area contributed by atoms with Gasteiger partial charge >= 0.3 is 0 Å². The lowest BCUT2D eigenvalue weighted by Crippen LogP contribution is -2.29. The molecule has 0 spiro atoms. The lowest BCUT2D eigenvalue weighted by molar-refractivity contribution is -0.0382. The summed E-state index contributed by atoms with van der Waals surface area (Å²) in [5.41, 5.74) is 4.20. The SMILES string of the molecule is Cn1cnc(CCNc2nc(NCC(c3ccccc3)c3ccccc3)c3ncn(C4OC(c5ncn[nH]5)C(O)C4O)c3n2)c1. The Morgan fingerprint density at radius 2 is 1.67 bits per heavy atom. The average molecular weight is 608 g/mol. The Balaban J connectivity index is 1.21. The molecule has 1 aliphatic heterocycles. The number of rotatable bonds is 11. The van der Waals surface area contributed by atoms with E-state index in [2.05, 4.69) is 60.0 Å². The molecule has 45 heavy (non-hydrogen) atoms. The van der Waals surface area contributed by atoms with Crippen LogP contribution in [0.2, 0.25) is 0 Å². The number of H-pyrrole nitrogens is 1. The number of hydrogen-bond donors (Lipinski definition) is 5. The summed E-state index contributed by atoms with van der Waals surface area (Å²) in [5, 5.41) is 35.2. The first-order valence-electron chi connectivity index (χ1n) is 14.7. The Kier molecular flexibility index (Phi) is 7.90. The molecule has 1 fully saturated rings.